The van der Waals surface area contributed by atoms with Crippen molar-refractivity contribution in [2.24, 2.45) is 0 Å². The van der Waals surface area contributed by atoms with Crippen LogP contribution < -0.4 is 5.32 Å². The zero-order valence-corrected chi connectivity index (χ0v) is 19.3. The van der Waals surface area contributed by atoms with Crippen molar-refractivity contribution in [1.82, 2.24) is 20.1 Å². The van der Waals surface area contributed by atoms with Gasteiger partial charge in [0.25, 0.3) is 5.91 Å². The van der Waals surface area contributed by atoms with Crippen molar-refractivity contribution in [2.45, 2.75) is 37.7 Å². The molecule has 0 fully saturated rings. The fourth-order valence-electron chi connectivity index (χ4n) is 3.25. The third-order valence-electron chi connectivity index (χ3n) is 5.05. The van der Waals surface area contributed by atoms with Gasteiger partial charge in [0.1, 0.15) is 0 Å². The lowest BCUT2D eigenvalue weighted by atomic mass is 10.1. The Balaban J connectivity index is 1.64. The third kappa shape index (κ3) is 4.89. The number of aromatic nitrogens is 3. The van der Waals surface area contributed by atoms with Crippen LogP contribution in [0.3, 0.4) is 0 Å². The lowest BCUT2D eigenvalue weighted by molar-refractivity contribution is 0.0942. The Hall–Kier alpha value is -2.90. The van der Waals surface area contributed by atoms with Crippen LogP contribution in [0.1, 0.15) is 45.2 Å². The summed E-state index contributed by atoms with van der Waals surface area (Å²) in [7, 11) is 0. The second-order valence-electron chi connectivity index (χ2n) is 7.40. The molecule has 1 N–H and O–H groups in total. The minimum Gasteiger partial charge on any atom is -0.342 e. The van der Waals surface area contributed by atoms with Crippen molar-refractivity contribution < 1.29 is 4.79 Å². The largest absolute Gasteiger partial charge is 0.342 e. The molecule has 2 heterocycles. The van der Waals surface area contributed by atoms with Crippen LogP contribution in [-0.2, 0) is 5.75 Å². The molecule has 0 spiro atoms. The molecule has 7 heteroatoms. The van der Waals surface area contributed by atoms with Crippen LogP contribution in [0, 0.1) is 13.8 Å². The number of hydrogen-bond acceptors (Lipinski definition) is 5. The number of amides is 1. The van der Waals surface area contributed by atoms with E-state index >= 15 is 0 Å². The summed E-state index contributed by atoms with van der Waals surface area (Å²) in [4.78, 5) is 13.3. The number of carbonyl (C=O) groups is 1. The summed E-state index contributed by atoms with van der Waals surface area (Å²) in [6.07, 6.45) is 0. The van der Waals surface area contributed by atoms with Crippen molar-refractivity contribution in [2.75, 3.05) is 0 Å². The summed E-state index contributed by atoms with van der Waals surface area (Å²) >= 11 is 3.07. The molecular weight excluding hydrogens is 424 g/mol. The molecule has 0 saturated heterocycles. The molecule has 4 rings (SSSR count). The van der Waals surface area contributed by atoms with Gasteiger partial charge < -0.3 is 5.32 Å². The first kappa shape index (κ1) is 21.3. The van der Waals surface area contributed by atoms with E-state index < -0.39 is 0 Å². The van der Waals surface area contributed by atoms with Gasteiger partial charge in [0.15, 0.2) is 11.0 Å². The van der Waals surface area contributed by atoms with Crippen LogP contribution >= 0.6 is 23.1 Å². The molecule has 1 unspecified atom stereocenters. The number of aryl methyl sites for hydroxylation is 2. The Labute approximate surface area is 190 Å². The molecule has 0 radical (unpaired) electrons. The smallest absolute Gasteiger partial charge is 0.261 e. The molecule has 2 aromatic heterocycles. The Morgan fingerprint density at radius 3 is 2.55 bits per heavy atom. The van der Waals surface area contributed by atoms with Crippen molar-refractivity contribution in [3.05, 3.63) is 93.4 Å². The van der Waals surface area contributed by atoms with E-state index in [4.69, 9.17) is 0 Å². The van der Waals surface area contributed by atoms with Crippen molar-refractivity contribution in [3.63, 3.8) is 0 Å². The molecule has 0 bridgehead atoms. The van der Waals surface area contributed by atoms with Gasteiger partial charge in [0, 0.05) is 11.4 Å². The highest BCUT2D eigenvalue weighted by Gasteiger charge is 2.22. The van der Waals surface area contributed by atoms with Crippen molar-refractivity contribution in [1.29, 1.82) is 0 Å². The standard InChI is InChI=1S/C24H24N4OS2/c1-16-10-12-20(13-11-16)28-22(18(3)25-23(29)21-9-6-14-30-21)26-27-24(28)31-15-19-8-5-4-7-17(19)2/h4-14,18H,15H2,1-3H3,(H,25,29). The maximum absolute atomic E-state index is 12.6. The van der Waals surface area contributed by atoms with Gasteiger partial charge in [-0.25, -0.2) is 0 Å². The third-order valence-corrected chi connectivity index (χ3v) is 6.89. The topological polar surface area (TPSA) is 59.8 Å². The molecule has 2 aromatic carbocycles. The van der Waals surface area contributed by atoms with Gasteiger partial charge >= 0.3 is 0 Å². The predicted molar refractivity (Wildman–Crippen MR) is 127 cm³/mol. The summed E-state index contributed by atoms with van der Waals surface area (Å²) in [5.41, 5.74) is 4.70. The second-order valence-corrected chi connectivity index (χ2v) is 9.29. The quantitative estimate of drug-likeness (QED) is 0.367. The number of benzene rings is 2. The summed E-state index contributed by atoms with van der Waals surface area (Å²) in [5.74, 6) is 1.41. The number of carbonyl (C=O) groups excluding carboxylic acids is 1. The lowest BCUT2D eigenvalue weighted by Crippen LogP contribution is -2.28. The minimum absolute atomic E-state index is 0.102. The first-order valence-electron chi connectivity index (χ1n) is 10.1. The fourth-order valence-corrected chi connectivity index (χ4v) is 4.91. The maximum Gasteiger partial charge on any atom is 0.261 e. The van der Waals surface area contributed by atoms with Crippen LogP contribution in [0.15, 0.2) is 71.2 Å². The first-order valence-corrected chi connectivity index (χ1v) is 11.9. The van der Waals surface area contributed by atoms with E-state index in [1.54, 1.807) is 11.8 Å². The Morgan fingerprint density at radius 2 is 1.84 bits per heavy atom. The molecule has 5 nitrogen and oxygen atoms in total. The van der Waals surface area contributed by atoms with E-state index in [2.05, 4.69) is 71.8 Å². The normalized spacial score (nSPS) is 12.0. The Kier molecular flexibility index (Phi) is 6.53. The zero-order valence-electron chi connectivity index (χ0n) is 17.7. The Morgan fingerprint density at radius 1 is 1.06 bits per heavy atom. The van der Waals surface area contributed by atoms with E-state index in [-0.39, 0.29) is 11.9 Å². The van der Waals surface area contributed by atoms with Crippen molar-refractivity contribution in [3.8, 4) is 5.69 Å². The highest BCUT2D eigenvalue weighted by molar-refractivity contribution is 7.98. The van der Waals surface area contributed by atoms with Crippen LogP contribution in [0.2, 0.25) is 0 Å². The van der Waals surface area contributed by atoms with E-state index in [9.17, 15) is 4.79 Å². The van der Waals surface area contributed by atoms with E-state index in [1.165, 1.54) is 28.0 Å². The molecule has 1 amide bonds. The van der Waals surface area contributed by atoms with Gasteiger partial charge in [-0.2, -0.15) is 0 Å². The number of hydrogen-bond donors (Lipinski definition) is 1. The maximum atomic E-state index is 12.6. The number of thioether (sulfide) groups is 1. The number of nitrogens with one attached hydrogen (secondary N) is 1. The van der Waals surface area contributed by atoms with E-state index in [0.717, 1.165) is 16.6 Å². The molecule has 0 aliphatic heterocycles. The number of thiophene rings is 1. The predicted octanol–water partition coefficient (Wildman–Crippen LogP) is 5.73. The highest BCUT2D eigenvalue weighted by atomic mass is 32.2. The van der Waals surface area contributed by atoms with Gasteiger partial charge in [0.05, 0.1) is 10.9 Å². The van der Waals surface area contributed by atoms with E-state index in [1.807, 2.05) is 35.1 Å². The van der Waals surface area contributed by atoms with Crippen molar-refractivity contribution >= 4 is 29.0 Å². The minimum atomic E-state index is -0.295. The van der Waals surface area contributed by atoms with Gasteiger partial charge in [0.2, 0.25) is 0 Å². The lowest BCUT2D eigenvalue weighted by Gasteiger charge is -2.16. The van der Waals surface area contributed by atoms with Crippen LogP contribution in [-0.4, -0.2) is 20.7 Å². The molecule has 1 atom stereocenters. The molecule has 158 valence electrons. The average Bonchev–Trinajstić information content (AvgIpc) is 3.44. The van der Waals surface area contributed by atoms with Gasteiger partial charge in [-0.1, -0.05) is 59.8 Å². The van der Waals surface area contributed by atoms with Crippen LogP contribution in [0.4, 0.5) is 0 Å². The summed E-state index contributed by atoms with van der Waals surface area (Å²) in [6.45, 7) is 6.12. The molecule has 4 aromatic rings. The Bertz CT molecular complexity index is 1170. The first-order chi connectivity index (χ1) is 15.0. The monoisotopic (exact) mass is 448 g/mol. The number of nitrogens with zero attached hydrogens (tertiary/aromatic N) is 3. The van der Waals surface area contributed by atoms with E-state index in [0.29, 0.717) is 10.7 Å². The summed E-state index contributed by atoms with van der Waals surface area (Å²) < 4.78 is 2.04. The average molecular weight is 449 g/mol. The van der Waals surface area contributed by atoms with Gasteiger partial charge in [-0.05, 0) is 55.5 Å². The summed E-state index contributed by atoms with van der Waals surface area (Å²) in [6, 6.07) is 20.0. The SMILES string of the molecule is Cc1ccc(-n2c(SCc3ccccc3C)nnc2C(C)NC(=O)c2cccs2)cc1. The molecule has 0 saturated carbocycles. The van der Waals surface area contributed by atoms with Gasteiger partial charge in [-0.15, -0.1) is 21.5 Å². The summed E-state index contributed by atoms with van der Waals surface area (Å²) in [5, 5.41) is 14.7. The van der Waals surface area contributed by atoms with Crippen LogP contribution in [0.5, 0.6) is 0 Å². The highest BCUT2D eigenvalue weighted by Crippen LogP contribution is 2.28. The molecule has 0 aliphatic carbocycles. The molecular formula is C24H24N4OS2. The second kappa shape index (κ2) is 9.49. The molecule has 0 aliphatic rings. The zero-order chi connectivity index (χ0) is 21.8. The van der Waals surface area contributed by atoms with Crippen LogP contribution in [0.25, 0.3) is 5.69 Å². The number of rotatable bonds is 7. The molecule has 31 heavy (non-hydrogen) atoms. The van der Waals surface area contributed by atoms with Gasteiger partial charge in [-0.3, -0.25) is 9.36 Å². The fraction of sp³-hybridized carbons (Fsp3) is 0.208.